The van der Waals surface area contributed by atoms with E-state index in [1.54, 1.807) is 8.61 Å². The fraction of sp³-hybridized carbons (Fsp3) is 1.00. The lowest BCUT2D eigenvalue weighted by Gasteiger charge is -2.36. The van der Waals surface area contributed by atoms with Gasteiger partial charge in [-0.3, -0.25) is 0 Å². The average Bonchev–Trinajstić information content (AvgIpc) is 2.69. The number of piperidine rings is 1. The van der Waals surface area contributed by atoms with Crippen LogP contribution in [0.2, 0.25) is 0 Å². The van der Waals surface area contributed by atoms with E-state index in [2.05, 4.69) is 5.32 Å². The van der Waals surface area contributed by atoms with E-state index in [4.69, 9.17) is 0 Å². The zero-order chi connectivity index (χ0) is 13.3. The van der Waals surface area contributed by atoms with Gasteiger partial charge in [-0.15, -0.1) is 12.4 Å². The number of fused-ring (bicyclic) bond motifs is 1. The molecule has 0 aromatic carbocycles. The minimum Gasteiger partial charge on any atom is -0.314 e. The quantitative estimate of drug-likeness (QED) is 0.831. The number of nitrogens with zero attached hydrogens (tertiary/aromatic N) is 2. The summed E-state index contributed by atoms with van der Waals surface area (Å²) in [6, 6.07) is 0.551. The van der Waals surface area contributed by atoms with Crippen LogP contribution in [0.4, 0.5) is 0 Å². The van der Waals surface area contributed by atoms with Gasteiger partial charge in [-0.05, 0) is 38.1 Å². The fourth-order valence-electron chi connectivity index (χ4n) is 3.66. The highest BCUT2D eigenvalue weighted by atomic mass is 35.5. The molecule has 3 fully saturated rings. The van der Waals surface area contributed by atoms with Crippen molar-refractivity contribution in [3.05, 3.63) is 0 Å². The summed E-state index contributed by atoms with van der Waals surface area (Å²) in [6.45, 7) is 3.88. The third-order valence-corrected chi connectivity index (χ3v) is 6.84. The smallest absolute Gasteiger partial charge is 0.281 e. The molecule has 0 amide bonds. The molecule has 3 aliphatic heterocycles. The second-order valence-corrected chi connectivity index (χ2v) is 8.01. The van der Waals surface area contributed by atoms with Crippen LogP contribution in [0, 0.1) is 5.92 Å². The summed E-state index contributed by atoms with van der Waals surface area (Å²) in [6.07, 6.45) is 6.46. The van der Waals surface area contributed by atoms with Gasteiger partial charge in [0.2, 0.25) is 0 Å². The molecule has 0 bridgehead atoms. The van der Waals surface area contributed by atoms with Crippen LogP contribution in [-0.2, 0) is 10.2 Å². The Morgan fingerprint density at radius 1 is 0.900 bits per heavy atom. The molecule has 0 radical (unpaired) electrons. The lowest BCUT2D eigenvalue weighted by molar-refractivity contribution is 0.231. The monoisotopic (exact) mass is 323 g/mol. The Hall–Kier alpha value is 0.120. The van der Waals surface area contributed by atoms with E-state index in [1.807, 2.05) is 0 Å². The Balaban J connectivity index is 0.00000147. The maximum Gasteiger partial charge on any atom is 0.281 e. The van der Waals surface area contributed by atoms with Gasteiger partial charge in [0.1, 0.15) is 0 Å². The highest BCUT2D eigenvalue weighted by molar-refractivity contribution is 7.86. The lowest BCUT2D eigenvalue weighted by Crippen LogP contribution is -2.51. The predicted molar refractivity (Wildman–Crippen MR) is 82.3 cm³/mol. The van der Waals surface area contributed by atoms with Gasteiger partial charge in [0.25, 0.3) is 10.2 Å². The van der Waals surface area contributed by atoms with Crippen molar-refractivity contribution in [2.45, 2.75) is 44.6 Å². The van der Waals surface area contributed by atoms with E-state index in [1.165, 1.54) is 12.8 Å². The molecule has 2 unspecified atom stereocenters. The summed E-state index contributed by atoms with van der Waals surface area (Å²) >= 11 is 0. The molecule has 7 heteroatoms. The molecule has 0 spiro atoms. The zero-order valence-corrected chi connectivity index (χ0v) is 13.6. The first-order valence-electron chi connectivity index (χ1n) is 7.66. The Kier molecular flexibility index (Phi) is 5.71. The van der Waals surface area contributed by atoms with Crippen LogP contribution in [0.1, 0.15) is 38.5 Å². The summed E-state index contributed by atoms with van der Waals surface area (Å²) in [4.78, 5) is 0. The maximum atomic E-state index is 12.7. The standard InChI is InChI=1S/C13H25N3O2S.ClH/c17-19(18,15-8-3-1-2-4-9-15)16-10-6-13-12(11-16)5-7-14-13;/h12-14H,1-11H2;1H. The van der Waals surface area contributed by atoms with Crippen molar-refractivity contribution in [1.29, 1.82) is 0 Å². The van der Waals surface area contributed by atoms with Crippen LogP contribution in [0.3, 0.4) is 0 Å². The first-order valence-corrected chi connectivity index (χ1v) is 9.06. The third-order valence-electron chi connectivity index (χ3n) is 4.84. The van der Waals surface area contributed by atoms with Gasteiger partial charge < -0.3 is 5.32 Å². The van der Waals surface area contributed by atoms with Crippen molar-refractivity contribution in [1.82, 2.24) is 13.9 Å². The SMILES string of the molecule is Cl.O=S(=O)(N1CCCCCC1)N1CCC2NCCC2C1. The first-order chi connectivity index (χ1) is 9.18. The highest BCUT2D eigenvalue weighted by Gasteiger charge is 2.39. The molecule has 3 heterocycles. The van der Waals surface area contributed by atoms with Crippen LogP contribution >= 0.6 is 12.4 Å². The van der Waals surface area contributed by atoms with Gasteiger partial charge in [0, 0.05) is 32.2 Å². The van der Waals surface area contributed by atoms with Gasteiger partial charge in [-0.25, -0.2) is 0 Å². The molecule has 3 aliphatic rings. The topological polar surface area (TPSA) is 52.7 Å². The molecule has 3 rings (SSSR count). The molecule has 1 N–H and O–H groups in total. The number of halogens is 1. The van der Waals surface area contributed by atoms with Crippen LogP contribution in [0.25, 0.3) is 0 Å². The number of nitrogens with one attached hydrogen (secondary N) is 1. The second-order valence-electron chi connectivity index (χ2n) is 6.08. The molecule has 20 heavy (non-hydrogen) atoms. The minimum atomic E-state index is -3.21. The molecule has 0 saturated carbocycles. The van der Waals surface area contributed by atoms with Crippen molar-refractivity contribution in [3.63, 3.8) is 0 Å². The van der Waals surface area contributed by atoms with Crippen molar-refractivity contribution >= 4 is 22.6 Å². The van der Waals surface area contributed by atoms with Gasteiger partial charge in [-0.1, -0.05) is 12.8 Å². The van der Waals surface area contributed by atoms with E-state index in [0.717, 1.165) is 38.8 Å². The molecule has 0 aromatic heterocycles. The minimum absolute atomic E-state index is 0. The van der Waals surface area contributed by atoms with Gasteiger partial charge in [0.15, 0.2) is 0 Å². The van der Waals surface area contributed by atoms with E-state index in [-0.39, 0.29) is 12.4 Å². The Bertz CT molecular complexity index is 410. The van der Waals surface area contributed by atoms with Gasteiger partial charge in [0.05, 0.1) is 0 Å². The largest absolute Gasteiger partial charge is 0.314 e. The van der Waals surface area contributed by atoms with E-state index < -0.39 is 10.2 Å². The van der Waals surface area contributed by atoms with Crippen molar-refractivity contribution in [2.24, 2.45) is 5.92 Å². The molecule has 2 atom stereocenters. The van der Waals surface area contributed by atoms with E-state index in [0.29, 0.717) is 31.6 Å². The van der Waals surface area contributed by atoms with Crippen LogP contribution < -0.4 is 5.32 Å². The van der Waals surface area contributed by atoms with Gasteiger partial charge >= 0.3 is 0 Å². The third kappa shape index (κ3) is 3.30. The summed E-state index contributed by atoms with van der Waals surface area (Å²) in [7, 11) is -3.21. The first kappa shape index (κ1) is 16.5. The van der Waals surface area contributed by atoms with E-state index in [9.17, 15) is 8.42 Å². The number of hydrogen-bond donors (Lipinski definition) is 1. The number of rotatable bonds is 2. The lowest BCUT2D eigenvalue weighted by atomic mass is 9.95. The molecule has 118 valence electrons. The molecule has 0 aliphatic carbocycles. The number of hydrogen-bond acceptors (Lipinski definition) is 3. The molecule has 5 nitrogen and oxygen atoms in total. The average molecular weight is 324 g/mol. The fourth-order valence-corrected chi connectivity index (χ4v) is 5.42. The molecule has 0 aromatic rings. The summed E-state index contributed by atoms with van der Waals surface area (Å²) in [5.74, 6) is 0.524. The molecule has 3 saturated heterocycles. The maximum absolute atomic E-state index is 12.7. The van der Waals surface area contributed by atoms with Crippen LogP contribution in [0.5, 0.6) is 0 Å². The second kappa shape index (κ2) is 6.92. The Morgan fingerprint density at radius 2 is 1.60 bits per heavy atom. The summed E-state index contributed by atoms with van der Waals surface area (Å²) in [5, 5.41) is 3.48. The Morgan fingerprint density at radius 3 is 2.30 bits per heavy atom. The van der Waals surface area contributed by atoms with Crippen molar-refractivity contribution in [3.8, 4) is 0 Å². The van der Waals surface area contributed by atoms with Crippen molar-refractivity contribution in [2.75, 3.05) is 32.7 Å². The van der Waals surface area contributed by atoms with Crippen molar-refractivity contribution < 1.29 is 8.42 Å². The normalized spacial score (nSPS) is 33.2. The molecular formula is C13H26ClN3O2S. The summed E-state index contributed by atoms with van der Waals surface area (Å²) in [5.41, 5.74) is 0. The van der Waals surface area contributed by atoms with Gasteiger partial charge in [-0.2, -0.15) is 17.0 Å². The van der Waals surface area contributed by atoms with Crippen LogP contribution in [0.15, 0.2) is 0 Å². The predicted octanol–water partition coefficient (Wildman–Crippen LogP) is 1.21. The Labute approximate surface area is 128 Å². The zero-order valence-electron chi connectivity index (χ0n) is 12.0. The van der Waals surface area contributed by atoms with Crippen LogP contribution in [-0.4, -0.2) is 55.8 Å². The van der Waals surface area contributed by atoms with E-state index >= 15 is 0 Å². The highest BCUT2D eigenvalue weighted by Crippen LogP contribution is 2.27. The molecular weight excluding hydrogens is 298 g/mol. The summed E-state index contributed by atoms with van der Waals surface area (Å²) < 4.78 is 28.9.